The van der Waals surface area contributed by atoms with E-state index in [9.17, 15) is 0 Å². The van der Waals surface area contributed by atoms with Crippen LogP contribution < -0.4 is 0 Å². The van der Waals surface area contributed by atoms with Gasteiger partial charge in [-0.2, -0.15) is 25.3 Å². The van der Waals surface area contributed by atoms with E-state index in [1.165, 1.54) is 19.3 Å². The molecule has 0 aromatic heterocycles. The summed E-state index contributed by atoms with van der Waals surface area (Å²) in [6, 6.07) is 0. The molecule has 2 fully saturated rings. The second-order valence-electron chi connectivity index (χ2n) is 5.00. The van der Waals surface area contributed by atoms with Crippen molar-refractivity contribution in [2.45, 2.75) is 43.6 Å². The molecular formula is C11H20S2. The first-order chi connectivity index (χ1) is 6.11. The molecule has 0 heterocycles. The highest BCUT2D eigenvalue weighted by Gasteiger charge is 2.48. The molecule has 0 saturated heterocycles. The molecule has 0 amide bonds. The Labute approximate surface area is 92.7 Å². The van der Waals surface area contributed by atoms with Crippen molar-refractivity contribution in [3.05, 3.63) is 0 Å². The molecule has 0 bridgehead atoms. The fourth-order valence-electron chi connectivity index (χ4n) is 3.15. The minimum absolute atomic E-state index is 0.536. The second kappa shape index (κ2) is 3.69. The topological polar surface area (TPSA) is 0 Å². The molecule has 76 valence electrons. The number of rotatable bonds is 2. The minimum atomic E-state index is 0.536. The Morgan fingerprint density at radius 1 is 1.23 bits per heavy atom. The molecule has 2 heteroatoms. The summed E-state index contributed by atoms with van der Waals surface area (Å²) < 4.78 is 0. The van der Waals surface area contributed by atoms with Gasteiger partial charge in [0, 0.05) is 10.5 Å². The van der Waals surface area contributed by atoms with Crippen molar-refractivity contribution in [3.8, 4) is 0 Å². The Kier molecular flexibility index (Phi) is 2.90. The van der Waals surface area contributed by atoms with E-state index < -0.39 is 0 Å². The maximum absolute atomic E-state index is 4.62. The van der Waals surface area contributed by atoms with Crippen LogP contribution >= 0.6 is 25.3 Å². The van der Waals surface area contributed by atoms with Gasteiger partial charge in [-0.1, -0.05) is 20.3 Å². The predicted molar refractivity (Wildman–Crippen MR) is 64.7 cm³/mol. The lowest BCUT2D eigenvalue weighted by molar-refractivity contribution is 0.0208. The van der Waals surface area contributed by atoms with Gasteiger partial charge in [0.2, 0.25) is 0 Å². The molecule has 13 heavy (non-hydrogen) atoms. The van der Waals surface area contributed by atoms with Crippen LogP contribution in [0, 0.1) is 23.7 Å². The highest BCUT2D eigenvalue weighted by molar-refractivity contribution is 7.82. The number of hydrogen-bond donors (Lipinski definition) is 2. The van der Waals surface area contributed by atoms with E-state index in [4.69, 9.17) is 0 Å². The Hall–Kier alpha value is 0.700. The summed E-state index contributed by atoms with van der Waals surface area (Å²) in [4.78, 5) is 0. The average molecular weight is 216 g/mol. The van der Waals surface area contributed by atoms with Crippen LogP contribution in [-0.2, 0) is 0 Å². The quantitative estimate of drug-likeness (QED) is 0.650. The van der Waals surface area contributed by atoms with Gasteiger partial charge in [-0.3, -0.25) is 0 Å². The van der Waals surface area contributed by atoms with Gasteiger partial charge >= 0.3 is 0 Å². The van der Waals surface area contributed by atoms with Gasteiger partial charge in [-0.05, 0) is 36.5 Å². The summed E-state index contributed by atoms with van der Waals surface area (Å²) in [5.74, 6) is 3.70. The molecule has 0 N–H and O–H groups in total. The lowest BCUT2D eigenvalue weighted by atomic mass is 9.56. The fraction of sp³-hybridized carbons (Fsp3) is 1.00. The van der Waals surface area contributed by atoms with E-state index in [-0.39, 0.29) is 0 Å². The molecule has 0 aromatic carbocycles. The number of hydrogen-bond acceptors (Lipinski definition) is 2. The first-order valence-corrected chi connectivity index (χ1v) is 6.50. The summed E-state index contributed by atoms with van der Waals surface area (Å²) in [6.45, 7) is 4.63. The van der Waals surface area contributed by atoms with Gasteiger partial charge in [0.15, 0.2) is 0 Å². The van der Waals surface area contributed by atoms with Gasteiger partial charge in [0.1, 0.15) is 0 Å². The van der Waals surface area contributed by atoms with E-state index in [1.54, 1.807) is 0 Å². The largest absolute Gasteiger partial charge is 0.176 e. The maximum atomic E-state index is 4.62. The Bertz CT molecular complexity index is 186. The molecule has 2 saturated carbocycles. The third kappa shape index (κ3) is 1.65. The second-order valence-corrected chi connectivity index (χ2v) is 6.48. The monoisotopic (exact) mass is 216 g/mol. The molecule has 0 aliphatic heterocycles. The first kappa shape index (κ1) is 10.2. The molecule has 2 aliphatic rings. The third-order valence-corrected chi connectivity index (χ3v) is 5.14. The van der Waals surface area contributed by atoms with Gasteiger partial charge in [-0.15, -0.1) is 0 Å². The molecule has 2 rings (SSSR count). The molecule has 0 aromatic rings. The van der Waals surface area contributed by atoms with Gasteiger partial charge in [-0.25, -0.2) is 0 Å². The van der Waals surface area contributed by atoms with Crippen molar-refractivity contribution in [1.29, 1.82) is 0 Å². The summed E-state index contributed by atoms with van der Waals surface area (Å²) in [5, 5.41) is 1.17. The normalized spacial score (nSPS) is 52.2. The zero-order valence-corrected chi connectivity index (χ0v) is 10.3. The Morgan fingerprint density at radius 3 is 2.23 bits per heavy atom. The molecule has 6 unspecified atom stereocenters. The summed E-state index contributed by atoms with van der Waals surface area (Å²) in [5.41, 5.74) is 0. The predicted octanol–water partition coefficient (Wildman–Crippen LogP) is 3.29. The highest BCUT2D eigenvalue weighted by atomic mass is 32.1. The molecule has 6 atom stereocenters. The Balaban J connectivity index is 1.94. The fourth-order valence-corrected chi connectivity index (χ4v) is 4.44. The van der Waals surface area contributed by atoms with Crippen LogP contribution in [-0.4, -0.2) is 10.5 Å². The maximum Gasteiger partial charge on any atom is 0.00610 e. The molecular weight excluding hydrogens is 196 g/mol. The first-order valence-electron chi connectivity index (χ1n) is 5.47. The van der Waals surface area contributed by atoms with Crippen LogP contribution in [0.5, 0.6) is 0 Å². The number of thiol groups is 2. The minimum Gasteiger partial charge on any atom is -0.176 e. The van der Waals surface area contributed by atoms with Gasteiger partial charge in [0.25, 0.3) is 0 Å². The smallest absolute Gasteiger partial charge is 0.00610 e. The van der Waals surface area contributed by atoms with Crippen LogP contribution in [0.4, 0.5) is 0 Å². The van der Waals surface area contributed by atoms with Crippen LogP contribution in [0.2, 0.25) is 0 Å². The SMILES string of the molecule is CC(S)C1C(S)CC1C1CCC1C. The summed E-state index contributed by atoms with van der Waals surface area (Å²) in [7, 11) is 0. The van der Waals surface area contributed by atoms with Crippen molar-refractivity contribution >= 4 is 25.3 Å². The van der Waals surface area contributed by atoms with E-state index in [1.807, 2.05) is 0 Å². The average Bonchev–Trinajstić information content (AvgIpc) is 1.99. The lowest BCUT2D eigenvalue weighted by Crippen LogP contribution is -2.50. The van der Waals surface area contributed by atoms with E-state index >= 15 is 0 Å². The van der Waals surface area contributed by atoms with E-state index in [0.29, 0.717) is 10.5 Å². The van der Waals surface area contributed by atoms with Crippen LogP contribution in [0.15, 0.2) is 0 Å². The van der Waals surface area contributed by atoms with Gasteiger partial charge < -0.3 is 0 Å². The standard InChI is InChI=1S/C11H20S2/c1-6-3-4-8(6)9-5-10(13)11(9)7(2)12/h6-13H,3-5H2,1-2H3. The van der Waals surface area contributed by atoms with Gasteiger partial charge in [0.05, 0.1) is 0 Å². The lowest BCUT2D eigenvalue weighted by Gasteiger charge is -2.53. The van der Waals surface area contributed by atoms with Crippen molar-refractivity contribution in [2.24, 2.45) is 23.7 Å². The van der Waals surface area contributed by atoms with Crippen LogP contribution in [0.3, 0.4) is 0 Å². The zero-order chi connectivity index (χ0) is 9.59. The third-order valence-electron chi connectivity index (χ3n) is 4.25. The van der Waals surface area contributed by atoms with Crippen molar-refractivity contribution in [2.75, 3.05) is 0 Å². The van der Waals surface area contributed by atoms with Crippen molar-refractivity contribution < 1.29 is 0 Å². The van der Waals surface area contributed by atoms with Crippen LogP contribution in [0.1, 0.15) is 33.1 Å². The summed E-state index contributed by atoms with van der Waals surface area (Å²) in [6.07, 6.45) is 4.25. The van der Waals surface area contributed by atoms with Crippen LogP contribution in [0.25, 0.3) is 0 Å². The summed E-state index contributed by atoms with van der Waals surface area (Å²) >= 11 is 9.20. The molecule has 0 radical (unpaired) electrons. The molecule has 2 aliphatic carbocycles. The molecule has 0 nitrogen and oxygen atoms in total. The van der Waals surface area contributed by atoms with Crippen molar-refractivity contribution in [1.82, 2.24) is 0 Å². The van der Waals surface area contributed by atoms with E-state index in [0.717, 1.165) is 23.7 Å². The van der Waals surface area contributed by atoms with E-state index in [2.05, 4.69) is 39.1 Å². The van der Waals surface area contributed by atoms with Crippen molar-refractivity contribution in [3.63, 3.8) is 0 Å². The zero-order valence-electron chi connectivity index (χ0n) is 8.48. The highest BCUT2D eigenvalue weighted by Crippen LogP contribution is 2.53. The molecule has 0 spiro atoms. The Morgan fingerprint density at radius 2 is 1.92 bits per heavy atom.